The summed E-state index contributed by atoms with van der Waals surface area (Å²) in [6.45, 7) is 0. The molecule has 0 aliphatic rings. The Morgan fingerprint density at radius 3 is 2.64 bits per heavy atom. The molecule has 0 atom stereocenters. The topological polar surface area (TPSA) is 17.8 Å². The lowest BCUT2D eigenvalue weighted by Crippen LogP contribution is -1.91. The van der Waals surface area contributed by atoms with E-state index < -0.39 is 0 Å². The molecule has 2 aromatic carbocycles. The van der Waals surface area contributed by atoms with E-state index in [1.165, 1.54) is 10.9 Å². The molecule has 0 aliphatic heterocycles. The Morgan fingerprint density at radius 2 is 1.82 bits per heavy atom. The molecule has 2 aromatic heterocycles. The Kier molecular flexibility index (Phi) is 3.17. The Bertz CT molecular complexity index is 942. The van der Waals surface area contributed by atoms with Crippen LogP contribution < -0.4 is 0 Å². The van der Waals surface area contributed by atoms with E-state index in [-0.39, 0.29) is 0 Å². The quantitative estimate of drug-likeness (QED) is 0.488. The third kappa shape index (κ3) is 2.28. The molecule has 0 saturated heterocycles. The van der Waals surface area contributed by atoms with Gasteiger partial charge in [0, 0.05) is 40.3 Å². The number of pyridine rings is 1. The van der Waals surface area contributed by atoms with E-state index in [4.69, 9.17) is 11.6 Å². The summed E-state index contributed by atoms with van der Waals surface area (Å²) in [6, 6.07) is 20.5. The smallest absolute Gasteiger partial charge is 0.0528 e. The largest absolute Gasteiger partial charge is 0.317 e. The lowest BCUT2D eigenvalue weighted by atomic mass is 10.1. The first-order valence-corrected chi connectivity index (χ1v) is 7.46. The highest BCUT2D eigenvalue weighted by Crippen LogP contribution is 2.27. The maximum absolute atomic E-state index is 6.10. The van der Waals surface area contributed by atoms with Gasteiger partial charge in [-0.15, -0.1) is 0 Å². The number of aromatic nitrogens is 2. The van der Waals surface area contributed by atoms with Crippen LogP contribution in [0, 0.1) is 0 Å². The van der Waals surface area contributed by atoms with Crippen molar-refractivity contribution in [1.29, 1.82) is 0 Å². The average molecular weight is 305 g/mol. The van der Waals surface area contributed by atoms with Gasteiger partial charge < -0.3 is 4.57 Å². The molecule has 4 rings (SSSR count). The number of fused-ring (bicyclic) bond motifs is 1. The zero-order chi connectivity index (χ0) is 14.9. The van der Waals surface area contributed by atoms with Gasteiger partial charge in [0.1, 0.15) is 0 Å². The van der Waals surface area contributed by atoms with Crippen molar-refractivity contribution in [3.63, 3.8) is 0 Å². The predicted molar refractivity (Wildman–Crippen MR) is 91.5 cm³/mol. The molecule has 0 saturated carbocycles. The normalized spacial score (nSPS) is 11.0. The molecule has 4 aromatic rings. The van der Waals surface area contributed by atoms with Crippen LogP contribution in [-0.4, -0.2) is 9.55 Å². The van der Waals surface area contributed by atoms with E-state index in [0.717, 1.165) is 21.8 Å². The first-order valence-electron chi connectivity index (χ1n) is 7.09. The molecule has 2 nitrogen and oxygen atoms in total. The van der Waals surface area contributed by atoms with Gasteiger partial charge in [-0.3, -0.25) is 4.98 Å². The second kappa shape index (κ2) is 5.32. The third-order valence-electron chi connectivity index (χ3n) is 3.77. The zero-order valence-corrected chi connectivity index (χ0v) is 12.5. The Balaban J connectivity index is 1.84. The van der Waals surface area contributed by atoms with Gasteiger partial charge in [0.25, 0.3) is 0 Å². The highest BCUT2D eigenvalue weighted by atomic mass is 35.5. The third-order valence-corrected chi connectivity index (χ3v) is 4.01. The SMILES string of the molecule is Clc1cccc(-n2ccc3cc(-c4cccnc4)ccc32)c1. The van der Waals surface area contributed by atoms with Crippen LogP contribution in [0.15, 0.2) is 79.3 Å². The summed E-state index contributed by atoms with van der Waals surface area (Å²) in [6.07, 6.45) is 5.75. The molecule has 0 radical (unpaired) electrons. The predicted octanol–water partition coefficient (Wildman–Crippen LogP) is 5.35. The van der Waals surface area contributed by atoms with Gasteiger partial charge in [-0.1, -0.05) is 29.8 Å². The molecular formula is C19H13ClN2. The van der Waals surface area contributed by atoms with Gasteiger partial charge in [-0.25, -0.2) is 0 Å². The number of nitrogens with zero attached hydrogens (tertiary/aromatic N) is 2. The van der Waals surface area contributed by atoms with Crippen LogP contribution in [0.3, 0.4) is 0 Å². The molecule has 0 amide bonds. The van der Waals surface area contributed by atoms with Crippen molar-refractivity contribution in [3.8, 4) is 16.8 Å². The summed E-state index contributed by atoms with van der Waals surface area (Å²) < 4.78 is 2.15. The number of rotatable bonds is 2. The van der Waals surface area contributed by atoms with Gasteiger partial charge in [0.05, 0.1) is 5.52 Å². The summed E-state index contributed by atoms with van der Waals surface area (Å²) in [5.74, 6) is 0. The van der Waals surface area contributed by atoms with Crippen LogP contribution in [0.1, 0.15) is 0 Å². The van der Waals surface area contributed by atoms with E-state index in [9.17, 15) is 0 Å². The standard InChI is InChI=1S/C19H13ClN2/c20-17-4-1-5-18(12-17)22-10-8-15-11-14(6-7-19(15)22)16-3-2-9-21-13-16/h1-13H. The minimum absolute atomic E-state index is 0.742. The molecule has 0 aliphatic carbocycles. The second-order valence-electron chi connectivity index (χ2n) is 5.18. The Morgan fingerprint density at radius 1 is 0.864 bits per heavy atom. The Hall–Kier alpha value is -2.58. The van der Waals surface area contributed by atoms with Crippen molar-refractivity contribution in [2.75, 3.05) is 0 Å². The first-order chi connectivity index (χ1) is 10.8. The second-order valence-corrected chi connectivity index (χ2v) is 5.62. The van der Waals surface area contributed by atoms with Crippen LogP contribution in [-0.2, 0) is 0 Å². The van der Waals surface area contributed by atoms with E-state index in [1.807, 2.05) is 30.5 Å². The number of hydrogen-bond acceptors (Lipinski definition) is 1. The molecule has 2 heterocycles. The van der Waals surface area contributed by atoms with Crippen molar-refractivity contribution < 1.29 is 0 Å². The molecular weight excluding hydrogens is 292 g/mol. The van der Waals surface area contributed by atoms with Crippen LogP contribution in [0.2, 0.25) is 5.02 Å². The molecule has 0 spiro atoms. The number of halogens is 1. The number of benzene rings is 2. The molecule has 0 unspecified atom stereocenters. The average Bonchev–Trinajstić information content (AvgIpc) is 2.99. The summed E-state index contributed by atoms with van der Waals surface area (Å²) in [7, 11) is 0. The maximum Gasteiger partial charge on any atom is 0.0528 e. The van der Waals surface area contributed by atoms with E-state index in [0.29, 0.717) is 0 Å². The van der Waals surface area contributed by atoms with Crippen molar-refractivity contribution in [2.45, 2.75) is 0 Å². The molecule has 106 valence electrons. The summed E-state index contributed by atoms with van der Waals surface area (Å²) in [4.78, 5) is 4.18. The van der Waals surface area contributed by atoms with Crippen LogP contribution in [0.4, 0.5) is 0 Å². The van der Waals surface area contributed by atoms with Crippen molar-refractivity contribution >= 4 is 22.5 Å². The first kappa shape index (κ1) is 13.1. The van der Waals surface area contributed by atoms with Crippen LogP contribution in [0.5, 0.6) is 0 Å². The fourth-order valence-corrected chi connectivity index (χ4v) is 2.89. The molecule has 3 heteroatoms. The highest BCUT2D eigenvalue weighted by molar-refractivity contribution is 6.30. The van der Waals surface area contributed by atoms with Crippen LogP contribution in [0.25, 0.3) is 27.7 Å². The highest BCUT2D eigenvalue weighted by Gasteiger charge is 2.05. The minimum Gasteiger partial charge on any atom is -0.317 e. The van der Waals surface area contributed by atoms with Gasteiger partial charge in [-0.2, -0.15) is 0 Å². The van der Waals surface area contributed by atoms with Crippen molar-refractivity contribution in [1.82, 2.24) is 9.55 Å². The number of hydrogen-bond donors (Lipinski definition) is 0. The summed E-state index contributed by atoms with van der Waals surface area (Å²) >= 11 is 6.10. The lowest BCUT2D eigenvalue weighted by molar-refractivity contribution is 1.13. The molecule has 0 N–H and O–H groups in total. The molecule has 0 bridgehead atoms. The monoisotopic (exact) mass is 304 g/mol. The lowest BCUT2D eigenvalue weighted by Gasteiger charge is -2.07. The maximum atomic E-state index is 6.10. The van der Waals surface area contributed by atoms with Gasteiger partial charge in [-0.05, 0) is 48.0 Å². The molecule has 22 heavy (non-hydrogen) atoms. The Labute approximate surface area is 133 Å². The van der Waals surface area contributed by atoms with Gasteiger partial charge in [0.15, 0.2) is 0 Å². The van der Waals surface area contributed by atoms with Crippen LogP contribution >= 0.6 is 11.6 Å². The summed E-state index contributed by atoms with van der Waals surface area (Å²) in [5.41, 5.74) is 4.52. The fourth-order valence-electron chi connectivity index (χ4n) is 2.71. The molecule has 0 fully saturated rings. The minimum atomic E-state index is 0.742. The summed E-state index contributed by atoms with van der Waals surface area (Å²) in [5, 5.41) is 1.94. The van der Waals surface area contributed by atoms with Crippen molar-refractivity contribution in [2.24, 2.45) is 0 Å². The van der Waals surface area contributed by atoms with E-state index >= 15 is 0 Å². The van der Waals surface area contributed by atoms with Gasteiger partial charge in [0.2, 0.25) is 0 Å². The van der Waals surface area contributed by atoms with E-state index in [1.54, 1.807) is 6.20 Å². The van der Waals surface area contributed by atoms with E-state index in [2.05, 4.69) is 52.1 Å². The fraction of sp³-hybridized carbons (Fsp3) is 0. The van der Waals surface area contributed by atoms with Gasteiger partial charge >= 0.3 is 0 Å². The zero-order valence-electron chi connectivity index (χ0n) is 11.8. The van der Waals surface area contributed by atoms with Crippen molar-refractivity contribution in [3.05, 3.63) is 84.3 Å².